The molecule has 0 aromatic carbocycles. The maximum absolute atomic E-state index is 12.6. The Balaban J connectivity index is 3.22. The lowest BCUT2D eigenvalue weighted by molar-refractivity contribution is 0.418. The molecule has 0 aliphatic carbocycles. The first-order chi connectivity index (χ1) is 8.95. The van der Waals surface area contributed by atoms with E-state index in [1.54, 1.807) is 6.07 Å². The topological polar surface area (TPSA) is 76.3 Å². The fourth-order valence-electron chi connectivity index (χ4n) is 1.71. The molecule has 1 aromatic heterocycles. The lowest BCUT2D eigenvalue weighted by atomic mass is 10.3. The highest BCUT2D eigenvalue weighted by Crippen LogP contribution is 2.19. The lowest BCUT2D eigenvalue weighted by Crippen LogP contribution is -2.33. The van der Waals surface area contributed by atoms with Crippen LogP contribution in [0.15, 0.2) is 23.2 Å². The van der Waals surface area contributed by atoms with E-state index in [4.69, 9.17) is 18.0 Å². The van der Waals surface area contributed by atoms with E-state index in [2.05, 4.69) is 4.98 Å². The zero-order valence-electron chi connectivity index (χ0n) is 11.2. The molecule has 0 aliphatic heterocycles. The molecule has 19 heavy (non-hydrogen) atoms. The number of nitrogens with zero attached hydrogens (tertiary/aromatic N) is 2. The van der Waals surface area contributed by atoms with E-state index in [9.17, 15) is 8.42 Å². The Kier molecular flexibility index (Phi) is 5.84. The molecule has 1 aromatic rings. The predicted molar refractivity (Wildman–Crippen MR) is 79.5 cm³/mol. The van der Waals surface area contributed by atoms with Crippen molar-refractivity contribution in [2.45, 2.75) is 31.6 Å². The van der Waals surface area contributed by atoms with Crippen molar-refractivity contribution in [3.63, 3.8) is 0 Å². The average Bonchev–Trinajstić information content (AvgIpc) is 2.39. The first kappa shape index (κ1) is 16.0. The third kappa shape index (κ3) is 3.71. The number of nitrogens with two attached hydrogens (primary N) is 1. The second-order valence-corrected chi connectivity index (χ2v) is 6.41. The first-order valence-electron chi connectivity index (χ1n) is 6.20. The molecule has 7 heteroatoms. The quantitative estimate of drug-likeness (QED) is 0.773. The van der Waals surface area contributed by atoms with Crippen LogP contribution in [-0.2, 0) is 10.0 Å². The fraction of sp³-hybridized carbons (Fsp3) is 0.500. The number of rotatable bonds is 7. The zero-order chi connectivity index (χ0) is 14.5. The summed E-state index contributed by atoms with van der Waals surface area (Å²) in [6.07, 6.45) is 3.23. The summed E-state index contributed by atoms with van der Waals surface area (Å²) in [6, 6.07) is 3.06. The van der Waals surface area contributed by atoms with E-state index < -0.39 is 10.0 Å². The fourth-order valence-corrected chi connectivity index (χ4v) is 3.58. The van der Waals surface area contributed by atoms with Gasteiger partial charge in [0, 0.05) is 19.3 Å². The van der Waals surface area contributed by atoms with Crippen LogP contribution in [0, 0.1) is 0 Å². The number of sulfonamides is 1. The second-order valence-electron chi connectivity index (χ2n) is 4.06. The van der Waals surface area contributed by atoms with Crippen LogP contribution in [0.25, 0.3) is 0 Å². The molecule has 0 unspecified atom stereocenters. The zero-order valence-corrected chi connectivity index (χ0v) is 12.8. The average molecular weight is 301 g/mol. The lowest BCUT2D eigenvalue weighted by Gasteiger charge is -2.21. The van der Waals surface area contributed by atoms with E-state index >= 15 is 0 Å². The van der Waals surface area contributed by atoms with E-state index in [0.29, 0.717) is 13.1 Å². The van der Waals surface area contributed by atoms with Gasteiger partial charge in [-0.2, -0.15) is 4.31 Å². The van der Waals surface area contributed by atoms with Crippen LogP contribution in [0.1, 0.15) is 32.4 Å². The van der Waals surface area contributed by atoms with Crippen molar-refractivity contribution in [3.05, 3.63) is 24.0 Å². The molecule has 0 fully saturated rings. The van der Waals surface area contributed by atoms with Gasteiger partial charge in [0.05, 0.1) is 0 Å². The van der Waals surface area contributed by atoms with Gasteiger partial charge in [0.25, 0.3) is 0 Å². The standard InChI is InChI=1S/C12H19N3O2S2/c1-3-5-9-15(4-2)19(16,17)10-7-6-8-14-11(10)12(13)18/h6-8H,3-5,9H2,1-2H3,(H2,13,18). The largest absolute Gasteiger partial charge is 0.388 e. The summed E-state index contributed by atoms with van der Waals surface area (Å²) in [5.74, 6) is 0. The number of aromatic nitrogens is 1. The van der Waals surface area contributed by atoms with Crippen LogP contribution < -0.4 is 5.73 Å². The molecule has 0 spiro atoms. The Hall–Kier alpha value is -1.05. The molecule has 0 bridgehead atoms. The predicted octanol–water partition coefficient (Wildman–Crippen LogP) is 1.53. The van der Waals surface area contributed by atoms with Gasteiger partial charge in [-0.1, -0.05) is 32.5 Å². The van der Waals surface area contributed by atoms with Gasteiger partial charge in [0.1, 0.15) is 15.6 Å². The Bertz CT molecular complexity index is 544. The molecular weight excluding hydrogens is 282 g/mol. The molecule has 0 atom stereocenters. The van der Waals surface area contributed by atoms with Gasteiger partial charge in [0.2, 0.25) is 10.0 Å². The molecule has 0 amide bonds. The number of unbranched alkanes of at least 4 members (excludes halogenated alkanes) is 1. The summed E-state index contributed by atoms with van der Waals surface area (Å²) in [5.41, 5.74) is 5.70. The molecule has 2 N–H and O–H groups in total. The van der Waals surface area contributed by atoms with E-state index in [1.807, 2.05) is 13.8 Å². The Labute approximate surface area is 119 Å². The van der Waals surface area contributed by atoms with E-state index in [-0.39, 0.29) is 15.6 Å². The minimum Gasteiger partial charge on any atom is -0.388 e. The molecule has 0 radical (unpaired) electrons. The van der Waals surface area contributed by atoms with Gasteiger partial charge in [0.15, 0.2) is 0 Å². The molecule has 1 rings (SSSR count). The molecular formula is C12H19N3O2S2. The van der Waals surface area contributed by atoms with Crippen molar-refractivity contribution in [1.82, 2.24) is 9.29 Å². The highest BCUT2D eigenvalue weighted by Gasteiger charge is 2.26. The van der Waals surface area contributed by atoms with Crippen molar-refractivity contribution in [3.8, 4) is 0 Å². The number of hydrogen-bond donors (Lipinski definition) is 1. The SMILES string of the molecule is CCCCN(CC)S(=O)(=O)c1cccnc1C(N)=S. The summed E-state index contributed by atoms with van der Waals surface area (Å²) in [4.78, 5) is 4.04. The Morgan fingerprint density at radius 1 is 1.47 bits per heavy atom. The Morgan fingerprint density at radius 3 is 2.68 bits per heavy atom. The summed E-state index contributed by atoms with van der Waals surface area (Å²) in [5, 5.41) is 0. The monoisotopic (exact) mass is 301 g/mol. The second kappa shape index (κ2) is 6.93. The van der Waals surface area contributed by atoms with E-state index in [0.717, 1.165) is 12.8 Å². The molecule has 1 heterocycles. The number of pyridine rings is 1. The summed E-state index contributed by atoms with van der Waals surface area (Å²) in [6.45, 7) is 4.73. The maximum atomic E-state index is 12.6. The van der Waals surface area contributed by atoms with Gasteiger partial charge in [-0.25, -0.2) is 8.42 Å². The van der Waals surface area contributed by atoms with Crippen molar-refractivity contribution < 1.29 is 8.42 Å². The smallest absolute Gasteiger partial charge is 0.245 e. The third-order valence-corrected chi connectivity index (χ3v) is 4.93. The van der Waals surface area contributed by atoms with Crippen LogP contribution in [0.2, 0.25) is 0 Å². The maximum Gasteiger partial charge on any atom is 0.245 e. The van der Waals surface area contributed by atoms with Gasteiger partial charge < -0.3 is 5.73 Å². The van der Waals surface area contributed by atoms with Crippen LogP contribution >= 0.6 is 12.2 Å². The van der Waals surface area contributed by atoms with Gasteiger partial charge in [-0.05, 0) is 18.6 Å². The van der Waals surface area contributed by atoms with Crippen molar-refractivity contribution in [2.24, 2.45) is 5.73 Å². The van der Waals surface area contributed by atoms with Crippen molar-refractivity contribution in [1.29, 1.82) is 0 Å². The van der Waals surface area contributed by atoms with Crippen molar-refractivity contribution >= 4 is 27.2 Å². The van der Waals surface area contributed by atoms with Gasteiger partial charge in [-0.15, -0.1) is 0 Å². The molecule has 106 valence electrons. The van der Waals surface area contributed by atoms with E-state index in [1.165, 1.54) is 16.6 Å². The van der Waals surface area contributed by atoms with Crippen LogP contribution in [0.3, 0.4) is 0 Å². The minimum atomic E-state index is -3.60. The Morgan fingerprint density at radius 2 is 2.16 bits per heavy atom. The minimum absolute atomic E-state index is 0.00859. The number of thiocarbonyl (C=S) groups is 1. The van der Waals surface area contributed by atoms with Gasteiger partial charge in [-0.3, -0.25) is 4.98 Å². The summed E-state index contributed by atoms with van der Waals surface area (Å²) >= 11 is 4.86. The van der Waals surface area contributed by atoms with Crippen molar-refractivity contribution in [2.75, 3.05) is 13.1 Å². The van der Waals surface area contributed by atoms with Crippen LogP contribution in [0.4, 0.5) is 0 Å². The van der Waals surface area contributed by atoms with Crippen LogP contribution in [-0.4, -0.2) is 35.8 Å². The molecule has 0 saturated carbocycles. The highest BCUT2D eigenvalue weighted by molar-refractivity contribution is 7.89. The normalized spacial score (nSPS) is 11.7. The van der Waals surface area contributed by atoms with Crippen LogP contribution in [0.5, 0.6) is 0 Å². The molecule has 0 saturated heterocycles. The highest BCUT2D eigenvalue weighted by atomic mass is 32.2. The van der Waals surface area contributed by atoms with Gasteiger partial charge >= 0.3 is 0 Å². The first-order valence-corrected chi connectivity index (χ1v) is 8.04. The summed E-state index contributed by atoms with van der Waals surface area (Å²) < 4.78 is 26.6. The molecule has 5 nitrogen and oxygen atoms in total. The molecule has 0 aliphatic rings. The summed E-state index contributed by atoms with van der Waals surface area (Å²) in [7, 11) is -3.60. The third-order valence-electron chi connectivity index (χ3n) is 2.74. The number of hydrogen-bond acceptors (Lipinski definition) is 4.